The van der Waals surface area contributed by atoms with Gasteiger partial charge in [0.1, 0.15) is 11.5 Å². The first-order chi connectivity index (χ1) is 10.5. The highest BCUT2D eigenvalue weighted by atomic mass is 35.5. The molecule has 116 valence electrons. The summed E-state index contributed by atoms with van der Waals surface area (Å²) in [4.78, 5) is 12.0. The molecule has 2 aromatic rings. The number of rotatable bonds is 5. The molecule has 0 aliphatic heterocycles. The first kappa shape index (κ1) is 16.0. The normalized spacial score (nSPS) is 10.1. The smallest absolute Gasteiger partial charge is 0.262 e. The molecule has 0 fully saturated rings. The standard InChI is InChI=1S/C16H17ClN2O3/c1-10-7-11(17)3-5-14(10)22-9-16(20)19-13-8-12(18)4-6-15(13)21-2/h3-8H,9,18H2,1-2H3,(H,19,20). The molecule has 0 heterocycles. The molecule has 0 saturated heterocycles. The number of nitrogens with two attached hydrogens (primary N) is 1. The Kier molecular flexibility index (Phi) is 5.12. The van der Waals surface area contributed by atoms with Crippen LogP contribution in [0.5, 0.6) is 11.5 Å². The Hall–Kier alpha value is -2.40. The van der Waals surface area contributed by atoms with E-state index in [1.54, 1.807) is 36.4 Å². The van der Waals surface area contributed by atoms with Gasteiger partial charge in [0.05, 0.1) is 12.8 Å². The van der Waals surface area contributed by atoms with Crippen molar-refractivity contribution in [3.05, 3.63) is 47.0 Å². The quantitative estimate of drug-likeness (QED) is 0.829. The number of hydrogen-bond acceptors (Lipinski definition) is 4. The minimum Gasteiger partial charge on any atom is -0.495 e. The molecule has 0 spiro atoms. The summed E-state index contributed by atoms with van der Waals surface area (Å²) < 4.78 is 10.7. The zero-order valence-corrected chi connectivity index (χ0v) is 13.1. The Balaban J connectivity index is 2.00. The third kappa shape index (κ3) is 4.05. The summed E-state index contributed by atoms with van der Waals surface area (Å²) in [5, 5.41) is 3.33. The third-order valence-corrected chi connectivity index (χ3v) is 3.23. The number of methoxy groups -OCH3 is 1. The number of anilines is 2. The zero-order valence-electron chi connectivity index (χ0n) is 12.4. The SMILES string of the molecule is COc1ccc(N)cc1NC(=O)COc1ccc(Cl)cc1C. The molecular weight excluding hydrogens is 304 g/mol. The van der Waals surface area contributed by atoms with Gasteiger partial charge in [0.15, 0.2) is 6.61 Å². The van der Waals surface area contributed by atoms with Crippen LogP contribution in [-0.4, -0.2) is 19.6 Å². The van der Waals surface area contributed by atoms with Gasteiger partial charge in [-0.2, -0.15) is 0 Å². The average Bonchev–Trinajstić information content (AvgIpc) is 2.46. The van der Waals surface area contributed by atoms with Crippen LogP contribution in [0.15, 0.2) is 36.4 Å². The first-order valence-corrected chi connectivity index (χ1v) is 6.99. The van der Waals surface area contributed by atoms with Gasteiger partial charge in [-0.3, -0.25) is 4.79 Å². The fraction of sp³-hybridized carbons (Fsp3) is 0.188. The summed E-state index contributed by atoms with van der Waals surface area (Å²) in [7, 11) is 1.52. The maximum Gasteiger partial charge on any atom is 0.262 e. The van der Waals surface area contributed by atoms with Crippen molar-refractivity contribution in [2.24, 2.45) is 0 Å². The number of nitrogens with one attached hydrogen (secondary N) is 1. The van der Waals surface area contributed by atoms with Gasteiger partial charge in [-0.15, -0.1) is 0 Å². The highest BCUT2D eigenvalue weighted by Gasteiger charge is 2.09. The number of carbonyl (C=O) groups is 1. The molecule has 0 radical (unpaired) electrons. The van der Waals surface area contributed by atoms with Crippen molar-refractivity contribution in [2.75, 3.05) is 24.8 Å². The molecule has 6 heteroatoms. The van der Waals surface area contributed by atoms with Gasteiger partial charge in [0.2, 0.25) is 0 Å². The summed E-state index contributed by atoms with van der Waals surface area (Å²) in [6.45, 7) is 1.74. The van der Waals surface area contributed by atoms with Gasteiger partial charge in [-0.05, 0) is 48.9 Å². The van der Waals surface area contributed by atoms with Crippen LogP contribution in [0.25, 0.3) is 0 Å². The van der Waals surface area contributed by atoms with E-state index in [2.05, 4.69) is 5.32 Å². The molecule has 22 heavy (non-hydrogen) atoms. The molecule has 3 N–H and O–H groups in total. The zero-order chi connectivity index (χ0) is 16.1. The third-order valence-electron chi connectivity index (χ3n) is 2.99. The Bertz CT molecular complexity index is 689. The van der Waals surface area contributed by atoms with Crippen LogP contribution in [0.1, 0.15) is 5.56 Å². The number of aryl methyl sites for hydroxylation is 1. The summed E-state index contributed by atoms with van der Waals surface area (Å²) in [6.07, 6.45) is 0. The van der Waals surface area contributed by atoms with Gasteiger partial charge in [-0.1, -0.05) is 11.6 Å². The van der Waals surface area contributed by atoms with Crippen LogP contribution in [0, 0.1) is 6.92 Å². The lowest BCUT2D eigenvalue weighted by molar-refractivity contribution is -0.118. The van der Waals surface area contributed by atoms with Crippen LogP contribution in [-0.2, 0) is 4.79 Å². The fourth-order valence-corrected chi connectivity index (χ4v) is 2.15. The van der Waals surface area contributed by atoms with Crippen molar-refractivity contribution in [3.8, 4) is 11.5 Å². The summed E-state index contributed by atoms with van der Waals surface area (Å²) in [5.41, 5.74) is 7.61. The predicted molar refractivity (Wildman–Crippen MR) is 87.7 cm³/mol. The largest absolute Gasteiger partial charge is 0.495 e. The van der Waals surface area contributed by atoms with Crippen molar-refractivity contribution in [2.45, 2.75) is 6.92 Å². The lowest BCUT2D eigenvalue weighted by Gasteiger charge is -2.12. The molecule has 0 atom stereocenters. The van der Waals surface area contributed by atoms with Gasteiger partial charge < -0.3 is 20.5 Å². The molecule has 1 amide bonds. The van der Waals surface area contributed by atoms with E-state index in [4.69, 9.17) is 26.8 Å². The number of hydrogen-bond donors (Lipinski definition) is 2. The Morgan fingerprint density at radius 3 is 2.64 bits per heavy atom. The number of ether oxygens (including phenoxy) is 2. The number of halogens is 1. The molecule has 0 aliphatic rings. The molecule has 2 rings (SSSR count). The second-order valence-corrected chi connectivity index (χ2v) is 5.14. The van der Waals surface area contributed by atoms with Crippen molar-refractivity contribution in [1.82, 2.24) is 0 Å². The van der Waals surface area contributed by atoms with Crippen LogP contribution >= 0.6 is 11.6 Å². The maximum atomic E-state index is 12.0. The molecule has 0 aliphatic carbocycles. The minimum atomic E-state index is -0.307. The van der Waals surface area contributed by atoms with Crippen molar-refractivity contribution in [1.29, 1.82) is 0 Å². The Labute approximate surface area is 134 Å². The second-order valence-electron chi connectivity index (χ2n) is 4.71. The van der Waals surface area contributed by atoms with Gasteiger partial charge in [0, 0.05) is 10.7 Å². The Morgan fingerprint density at radius 2 is 1.95 bits per heavy atom. The molecular formula is C16H17ClN2O3. The van der Waals surface area contributed by atoms with Crippen LogP contribution < -0.4 is 20.5 Å². The monoisotopic (exact) mass is 320 g/mol. The van der Waals surface area contributed by atoms with Gasteiger partial charge in [-0.25, -0.2) is 0 Å². The second kappa shape index (κ2) is 7.04. The number of nitrogen functional groups attached to an aromatic ring is 1. The topological polar surface area (TPSA) is 73.6 Å². The van der Waals surface area contributed by atoms with Crippen LogP contribution in [0.2, 0.25) is 5.02 Å². The van der Waals surface area contributed by atoms with Crippen molar-refractivity contribution < 1.29 is 14.3 Å². The summed E-state index contributed by atoms with van der Waals surface area (Å²) in [6, 6.07) is 10.2. The summed E-state index contributed by atoms with van der Waals surface area (Å²) in [5.74, 6) is 0.836. The van der Waals surface area contributed by atoms with Crippen LogP contribution in [0.4, 0.5) is 11.4 Å². The van der Waals surface area contributed by atoms with E-state index in [9.17, 15) is 4.79 Å². The predicted octanol–water partition coefficient (Wildman–Crippen LogP) is 3.26. The van der Waals surface area contributed by atoms with E-state index < -0.39 is 0 Å². The van der Waals surface area contributed by atoms with Gasteiger partial charge in [0.25, 0.3) is 5.91 Å². The highest BCUT2D eigenvalue weighted by molar-refractivity contribution is 6.30. The van der Waals surface area contributed by atoms with Crippen molar-refractivity contribution in [3.63, 3.8) is 0 Å². The molecule has 0 unspecified atom stereocenters. The van der Waals surface area contributed by atoms with E-state index >= 15 is 0 Å². The molecule has 0 bridgehead atoms. The minimum absolute atomic E-state index is 0.125. The first-order valence-electron chi connectivity index (χ1n) is 6.62. The molecule has 5 nitrogen and oxygen atoms in total. The van der Waals surface area contributed by atoms with Crippen molar-refractivity contribution >= 4 is 28.9 Å². The van der Waals surface area contributed by atoms with E-state index in [1.165, 1.54) is 7.11 Å². The summed E-state index contributed by atoms with van der Waals surface area (Å²) >= 11 is 5.87. The van der Waals surface area contributed by atoms with E-state index in [1.807, 2.05) is 6.92 Å². The fourth-order valence-electron chi connectivity index (χ4n) is 1.93. The Morgan fingerprint density at radius 1 is 1.23 bits per heavy atom. The van der Waals surface area contributed by atoms with E-state index in [0.29, 0.717) is 27.9 Å². The average molecular weight is 321 g/mol. The number of benzene rings is 2. The number of amides is 1. The van der Waals surface area contributed by atoms with E-state index in [-0.39, 0.29) is 12.5 Å². The molecule has 2 aromatic carbocycles. The lowest BCUT2D eigenvalue weighted by atomic mass is 10.2. The lowest BCUT2D eigenvalue weighted by Crippen LogP contribution is -2.20. The maximum absolute atomic E-state index is 12.0. The molecule has 0 saturated carbocycles. The van der Waals surface area contributed by atoms with Gasteiger partial charge >= 0.3 is 0 Å². The van der Waals surface area contributed by atoms with Crippen LogP contribution in [0.3, 0.4) is 0 Å². The molecule has 0 aromatic heterocycles. The highest BCUT2D eigenvalue weighted by Crippen LogP contribution is 2.26. The number of carbonyl (C=O) groups excluding carboxylic acids is 1. The van der Waals surface area contributed by atoms with E-state index in [0.717, 1.165) is 5.56 Å².